The number of rotatable bonds is 2. The van der Waals surface area contributed by atoms with Crippen LogP contribution in [0.15, 0.2) is 36.4 Å². The Balaban J connectivity index is 2.10. The van der Waals surface area contributed by atoms with Gasteiger partial charge in [0.1, 0.15) is 5.82 Å². The molecule has 1 aromatic carbocycles. The van der Waals surface area contributed by atoms with Crippen molar-refractivity contribution in [2.24, 2.45) is 0 Å². The van der Waals surface area contributed by atoms with E-state index in [9.17, 15) is 0 Å². The monoisotopic (exact) mass is 265 g/mol. The predicted octanol–water partition coefficient (Wildman–Crippen LogP) is 2.97. The lowest BCUT2D eigenvalue weighted by molar-refractivity contribution is 1.14. The van der Waals surface area contributed by atoms with Crippen molar-refractivity contribution in [3.8, 4) is 0 Å². The van der Waals surface area contributed by atoms with Gasteiger partial charge in [0.15, 0.2) is 5.65 Å². The summed E-state index contributed by atoms with van der Waals surface area (Å²) in [6.45, 7) is 3.93. The van der Waals surface area contributed by atoms with Gasteiger partial charge in [0, 0.05) is 11.4 Å². The Morgan fingerprint density at radius 1 is 1.00 bits per heavy atom. The predicted molar refractivity (Wildman–Crippen MR) is 80.9 cm³/mol. The minimum Gasteiger partial charge on any atom is -0.383 e. The number of aryl methyl sites for hydroxylation is 2. The molecule has 0 amide bonds. The summed E-state index contributed by atoms with van der Waals surface area (Å²) in [5, 5.41) is 3.95. The Bertz CT molecular complexity index is 768. The number of fused-ring (bicyclic) bond motifs is 1. The Labute approximate surface area is 116 Å². The third kappa shape index (κ3) is 2.25. The molecule has 0 aliphatic carbocycles. The van der Waals surface area contributed by atoms with E-state index in [-0.39, 0.29) is 0 Å². The van der Waals surface area contributed by atoms with Crippen molar-refractivity contribution in [3.63, 3.8) is 0 Å². The van der Waals surface area contributed by atoms with E-state index in [2.05, 4.69) is 20.3 Å². The zero-order valence-electron chi connectivity index (χ0n) is 11.4. The fourth-order valence-corrected chi connectivity index (χ4v) is 2.22. The van der Waals surface area contributed by atoms with Crippen LogP contribution in [-0.4, -0.2) is 15.0 Å². The van der Waals surface area contributed by atoms with Gasteiger partial charge in [-0.05, 0) is 37.6 Å². The van der Waals surface area contributed by atoms with Crippen LogP contribution in [0.3, 0.4) is 0 Å². The standard InChI is InChI=1S/C15H15N5/c1-9-8-10(2)17-14-12(9)13(16)19-15(20-14)18-11-6-4-3-5-7-11/h3-8H,1-2H3,(H3,16,17,18,19,20). The highest BCUT2D eigenvalue weighted by Crippen LogP contribution is 2.23. The second-order valence-corrected chi connectivity index (χ2v) is 4.70. The summed E-state index contributed by atoms with van der Waals surface area (Å²) in [6.07, 6.45) is 0. The summed E-state index contributed by atoms with van der Waals surface area (Å²) in [6, 6.07) is 11.7. The van der Waals surface area contributed by atoms with Crippen LogP contribution in [0.4, 0.5) is 17.5 Å². The van der Waals surface area contributed by atoms with E-state index >= 15 is 0 Å². The highest BCUT2D eigenvalue weighted by Gasteiger charge is 2.09. The van der Waals surface area contributed by atoms with Crippen LogP contribution in [0.25, 0.3) is 11.0 Å². The normalized spacial score (nSPS) is 10.7. The molecule has 0 saturated carbocycles. The molecule has 100 valence electrons. The number of nitrogen functional groups attached to an aromatic ring is 1. The van der Waals surface area contributed by atoms with Gasteiger partial charge in [-0.1, -0.05) is 18.2 Å². The molecular weight excluding hydrogens is 250 g/mol. The molecular formula is C15H15N5. The third-order valence-corrected chi connectivity index (χ3v) is 3.05. The zero-order valence-corrected chi connectivity index (χ0v) is 11.4. The molecule has 0 aliphatic heterocycles. The number of nitrogens with one attached hydrogen (secondary N) is 1. The van der Waals surface area contributed by atoms with Gasteiger partial charge in [-0.2, -0.15) is 9.97 Å². The number of pyridine rings is 1. The first-order valence-corrected chi connectivity index (χ1v) is 6.37. The second kappa shape index (κ2) is 4.77. The van der Waals surface area contributed by atoms with Gasteiger partial charge in [0.2, 0.25) is 5.95 Å². The molecule has 0 atom stereocenters. The fourth-order valence-electron chi connectivity index (χ4n) is 2.22. The smallest absolute Gasteiger partial charge is 0.231 e. The van der Waals surface area contributed by atoms with Gasteiger partial charge >= 0.3 is 0 Å². The molecule has 0 unspecified atom stereocenters. The number of aromatic nitrogens is 3. The van der Waals surface area contributed by atoms with E-state index in [1.165, 1.54) is 0 Å². The van der Waals surface area contributed by atoms with Crippen LogP contribution >= 0.6 is 0 Å². The molecule has 0 spiro atoms. The first-order valence-electron chi connectivity index (χ1n) is 6.37. The molecule has 0 aliphatic rings. The van der Waals surface area contributed by atoms with Crippen molar-refractivity contribution in [1.29, 1.82) is 0 Å². The quantitative estimate of drug-likeness (QED) is 0.745. The maximum absolute atomic E-state index is 6.03. The summed E-state index contributed by atoms with van der Waals surface area (Å²) in [7, 11) is 0. The van der Waals surface area contributed by atoms with Crippen molar-refractivity contribution >= 4 is 28.5 Å². The minimum atomic E-state index is 0.443. The number of benzene rings is 1. The molecule has 3 N–H and O–H groups in total. The molecule has 2 heterocycles. The topological polar surface area (TPSA) is 76.7 Å². The van der Waals surface area contributed by atoms with Crippen molar-refractivity contribution in [1.82, 2.24) is 15.0 Å². The molecule has 3 aromatic rings. The number of nitrogens with zero attached hydrogens (tertiary/aromatic N) is 3. The van der Waals surface area contributed by atoms with Crippen molar-refractivity contribution in [2.45, 2.75) is 13.8 Å². The van der Waals surface area contributed by atoms with E-state index in [1.54, 1.807) is 0 Å². The molecule has 0 radical (unpaired) electrons. The largest absolute Gasteiger partial charge is 0.383 e. The van der Waals surface area contributed by atoms with Gasteiger partial charge in [-0.25, -0.2) is 4.98 Å². The lowest BCUT2D eigenvalue weighted by atomic mass is 10.1. The molecule has 0 fully saturated rings. The number of hydrogen-bond donors (Lipinski definition) is 2. The van der Waals surface area contributed by atoms with Crippen molar-refractivity contribution in [2.75, 3.05) is 11.1 Å². The highest BCUT2D eigenvalue weighted by molar-refractivity contribution is 5.89. The van der Waals surface area contributed by atoms with Crippen LogP contribution in [0.1, 0.15) is 11.3 Å². The zero-order chi connectivity index (χ0) is 14.1. The van der Waals surface area contributed by atoms with Gasteiger partial charge in [0.25, 0.3) is 0 Å². The second-order valence-electron chi connectivity index (χ2n) is 4.70. The summed E-state index contributed by atoms with van der Waals surface area (Å²) in [4.78, 5) is 13.2. The van der Waals surface area contributed by atoms with Gasteiger partial charge < -0.3 is 11.1 Å². The van der Waals surface area contributed by atoms with Crippen LogP contribution in [-0.2, 0) is 0 Å². The Kier molecular flexibility index (Phi) is 2.95. The third-order valence-electron chi connectivity index (χ3n) is 3.05. The lowest BCUT2D eigenvalue weighted by Crippen LogP contribution is -2.04. The molecule has 5 heteroatoms. The van der Waals surface area contributed by atoms with Gasteiger partial charge in [0.05, 0.1) is 5.39 Å². The average Bonchev–Trinajstić information content (AvgIpc) is 2.38. The van der Waals surface area contributed by atoms with Crippen LogP contribution < -0.4 is 11.1 Å². The number of anilines is 3. The maximum atomic E-state index is 6.03. The SMILES string of the molecule is Cc1cc(C)c2c(N)nc(Nc3ccccc3)nc2n1. The Morgan fingerprint density at radius 2 is 1.75 bits per heavy atom. The molecule has 20 heavy (non-hydrogen) atoms. The molecule has 3 rings (SSSR count). The first-order chi connectivity index (χ1) is 9.63. The Hall–Kier alpha value is -2.69. The summed E-state index contributed by atoms with van der Waals surface area (Å²) >= 11 is 0. The van der Waals surface area contributed by atoms with E-state index in [4.69, 9.17) is 5.73 Å². The lowest BCUT2D eigenvalue weighted by Gasteiger charge is -2.09. The van der Waals surface area contributed by atoms with Gasteiger partial charge in [-0.15, -0.1) is 0 Å². The fraction of sp³-hybridized carbons (Fsp3) is 0.133. The van der Waals surface area contributed by atoms with E-state index in [1.807, 2.05) is 50.2 Å². The molecule has 0 bridgehead atoms. The summed E-state index contributed by atoms with van der Waals surface area (Å²) in [5.41, 5.74) is 9.52. The van der Waals surface area contributed by atoms with Gasteiger partial charge in [-0.3, -0.25) is 0 Å². The highest BCUT2D eigenvalue weighted by atomic mass is 15.1. The van der Waals surface area contributed by atoms with Crippen LogP contribution in [0, 0.1) is 13.8 Å². The minimum absolute atomic E-state index is 0.443. The van der Waals surface area contributed by atoms with E-state index < -0.39 is 0 Å². The van der Waals surface area contributed by atoms with E-state index in [0.717, 1.165) is 22.3 Å². The summed E-state index contributed by atoms with van der Waals surface area (Å²) in [5.74, 6) is 0.900. The van der Waals surface area contributed by atoms with Crippen LogP contribution in [0.5, 0.6) is 0 Å². The maximum Gasteiger partial charge on any atom is 0.231 e. The number of hydrogen-bond acceptors (Lipinski definition) is 5. The van der Waals surface area contributed by atoms with E-state index in [0.29, 0.717) is 17.4 Å². The first kappa shape index (κ1) is 12.3. The molecule has 2 aromatic heterocycles. The molecule has 0 saturated heterocycles. The van der Waals surface area contributed by atoms with Crippen molar-refractivity contribution in [3.05, 3.63) is 47.7 Å². The van der Waals surface area contributed by atoms with Crippen LogP contribution in [0.2, 0.25) is 0 Å². The Morgan fingerprint density at radius 3 is 2.50 bits per heavy atom. The molecule has 5 nitrogen and oxygen atoms in total. The number of nitrogens with two attached hydrogens (primary N) is 1. The number of para-hydroxylation sites is 1. The average molecular weight is 265 g/mol. The van der Waals surface area contributed by atoms with Crippen molar-refractivity contribution < 1.29 is 0 Å². The summed E-state index contributed by atoms with van der Waals surface area (Å²) < 4.78 is 0.